The molecule has 0 radical (unpaired) electrons. The molecule has 0 unspecified atom stereocenters. The monoisotopic (exact) mass is 388 g/mol. The molecule has 0 aliphatic rings. The molecule has 0 saturated carbocycles. The molecule has 1 amide bonds. The Kier molecular flexibility index (Phi) is 7.65. The highest BCUT2D eigenvalue weighted by atomic mass is 16.5. The maximum Gasteiger partial charge on any atom is 0.341 e. The molecule has 1 atom stereocenters. The molecule has 0 bridgehead atoms. The normalized spacial score (nSPS) is 11.3. The largest absolute Gasteiger partial charge is 0.493 e. The molecule has 0 spiro atoms. The van der Waals surface area contributed by atoms with Gasteiger partial charge in [-0.1, -0.05) is 12.1 Å². The number of anilines is 2. The summed E-state index contributed by atoms with van der Waals surface area (Å²) in [7, 11) is 3.01. The first kappa shape index (κ1) is 21.0. The zero-order chi connectivity index (χ0) is 20.5. The van der Waals surface area contributed by atoms with Gasteiger partial charge >= 0.3 is 5.97 Å². The summed E-state index contributed by atoms with van der Waals surface area (Å²) < 4.78 is 15.6. The number of nitrogens with one attached hydrogen (secondary N) is 2. The third-order valence-corrected chi connectivity index (χ3v) is 3.88. The van der Waals surface area contributed by atoms with Crippen LogP contribution < -0.4 is 20.1 Å². The lowest BCUT2D eigenvalue weighted by Gasteiger charge is -2.16. The molecule has 2 aromatic rings. The summed E-state index contributed by atoms with van der Waals surface area (Å²) in [6, 6.07) is 11.6. The Balaban J connectivity index is 2.03. The second kappa shape index (κ2) is 10.2. The summed E-state index contributed by atoms with van der Waals surface area (Å²) in [6.45, 7) is 1.70. The molecule has 2 aromatic carbocycles. The summed E-state index contributed by atoms with van der Waals surface area (Å²) in [5, 5.41) is 14.5. The van der Waals surface area contributed by atoms with Gasteiger partial charge in [0.05, 0.1) is 26.4 Å². The molecule has 0 aromatic heterocycles. The number of esters is 1. The Labute approximate surface area is 163 Å². The average molecular weight is 388 g/mol. The number of rotatable bonds is 9. The third-order valence-electron chi connectivity index (χ3n) is 3.88. The van der Waals surface area contributed by atoms with Crippen LogP contribution in [-0.4, -0.2) is 50.5 Å². The van der Waals surface area contributed by atoms with Crippen LogP contribution >= 0.6 is 0 Å². The van der Waals surface area contributed by atoms with E-state index in [1.165, 1.54) is 21.1 Å². The van der Waals surface area contributed by atoms with Crippen LogP contribution in [0.2, 0.25) is 0 Å². The van der Waals surface area contributed by atoms with Crippen LogP contribution in [-0.2, 0) is 9.53 Å². The highest BCUT2D eigenvalue weighted by Gasteiger charge is 2.21. The lowest BCUT2D eigenvalue weighted by molar-refractivity contribution is -0.123. The smallest absolute Gasteiger partial charge is 0.341 e. The van der Waals surface area contributed by atoms with Crippen LogP contribution in [0.5, 0.6) is 11.5 Å². The molecule has 28 heavy (non-hydrogen) atoms. The summed E-state index contributed by atoms with van der Waals surface area (Å²) in [5.41, 5.74) is 1.28. The molecular weight excluding hydrogens is 364 g/mol. The number of ether oxygens (including phenoxy) is 3. The predicted octanol–water partition coefficient (Wildman–Crippen LogP) is 2.29. The number of carbonyl (C=O) groups excluding carboxylic acids is 2. The standard InChI is InChI=1S/C20H24N2O6/c1-13(19(24)22-14-8-9-17(26-2)18(12-14)27-3)28-20(25)15-6-4-5-7-16(15)21-10-11-23/h4-9,12-13,21,23H,10-11H2,1-3H3,(H,22,24)/t13-/m0/s1. The minimum Gasteiger partial charge on any atom is -0.493 e. The van der Waals surface area contributed by atoms with Crippen molar-refractivity contribution < 1.29 is 28.9 Å². The molecule has 0 aliphatic heterocycles. The van der Waals surface area contributed by atoms with Crippen LogP contribution in [0.15, 0.2) is 42.5 Å². The molecule has 0 fully saturated rings. The van der Waals surface area contributed by atoms with Crippen molar-refractivity contribution in [3.05, 3.63) is 48.0 Å². The van der Waals surface area contributed by atoms with Gasteiger partial charge in [-0.25, -0.2) is 4.79 Å². The molecular formula is C20H24N2O6. The van der Waals surface area contributed by atoms with E-state index in [0.29, 0.717) is 29.4 Å². The second-order valence-corrected chi connectivity index (χ2v) is 5.80. The Morgan fingerprint density at radius 1 is 1.07 bits per heavy atom. The van der Waals surface area contributed by atoms with Crippen LogP contribution in [0.3, 0.4) is 0 Å². The first-order valence-corrected chi connectivity index (χ1v) is 8.67. The lowest BCUT2D eigenvalue weighted by Crippen LogP contribution is -2.30. The van der Waals surface area contributed by atoms with E-state index in [1.807, 2.05) is 0 Å². The van der Waals surface area contributed by atoms with Gasteiger partial charge in [0.25, 0.3) is 5.91 Å². The highest BCUT2D eigenvalue weighted by Crippen LogP contribution is 2.29. The number of hydrogen-bond donors (Lipinski definition) is 3. The van der Waals surface area contributed by atoms with Crippen LogP contribution in [0.25, 0.3) is 0 Å². The van der Waals surface area contributed by atoms with E-state index in [-0.39, 0.29) is 12.2 Å². The SMILES string of the molecule is COc1ccc(NC(=O)[C@H](C)OC(=O)c2ccccc2NCCO)cc1OC. The molecule has 0 aliphatic carbocycles. The van der Waals surface area contributed by atoms with E-state index in [2.05, 4.69) is 10.6 Å². The second-order valence-electron chi connectivity index (χ2n) is 5.80. The number of amides is 1. The zero-order valence-electron chi connectivity index (χ0n) is 16.0. The number of carbonyl (C=O) groups is 2. The highest BCUT2D eigenvalue weighted by molar-refractivity contribution is 5.99. The first-order chi connectivity index (χ1) is 13.5. The third kappa shape index (κ3) is 5.37. The topological polar surface area (TPSA) is 106 Å². The van der Waals surface area contributed by atoms with Crippen LogP contribution in [0, 0.1) is 0 Å². The van der Waals surface area contributed by atoms with E-state index in [0.717, 1.165) is 0 Å². The van der Waals surface area contributed by atoms with Crippen molar-refractivity contribution in [2.45, 2.75) is 13.0 Å². The van der Waals surface area contributed by atoms with Crippen molar-refractivity contribution >= 4 is 23.3 Å². The minimum atomic E-state index is -1.02. The maximum absolute atomic E-state index is 12.4. The van der Waals surface area contributed by atoms with E-state index in [1.54, 1.807) is 42.5 Å². The quantitative estimate of drug-likeness (QED) is 0.566. The van der Waals surface area contributed by atoms with Gasteiger partial charge in [0.15, 0.2) is 17.6 Å². The van der Waals surface area contributed by atoms with Crippen molar-refractivity contribution in [3.63, 3.8) is 0 Å². The Morgan fingerprint density at radius 2 is 1.79 bits per heavy atom. The Morgan fingerprint density at radius 3 is 2.46 bits per heavy atom. The summed E-state index contributed by atoms with van der Waals surface area (Å²) in [6.07, 6.45) is -1.02. The molecule has 8 nitrogen and oxygen atoms in total. The van der Waals surface area contributed by atoms with E-state index in [9.17, 15) is 9.59 Å². The molecule has 0 saturated heterocycles. The van der Waals surface area contributed by atoms with Crippen molar-refractivity contribution in [3.8, 4) is 11.5 Å². The average Bonchev–Trinajstić information content (AvgIpc) is 2.72. The van der Waals surface area contributed by atoms with Gasteiger partial charge < -0.3 is 30.0 Å². The predicted molar refractivity (Wildman–Crippen MR) is 105 cm³/mol. The van der Waals surface area contributed by atoms with E-state index in [4.69, 9.17) is 19.3 Å². The molecule has 3 N–H and O–H groups in total. The Bertz CT molecular complexity index is 824. The number of hydrogen-bond acceptors (Lipinski definition) is 7. The van der Waals surface area contributed by atoms with Crippen molar-refractivity contribution in [2.75, 3.05) is 38.0 Å². The van der Waals surface area contributed by atoms with Gasteiger partial charge in [-0.3, -0.25) is 4.79 Å². The maximum atomic E-state index is 12.4. The summed E-state index contributed by atoms with van der Waals surface area (Å²) in [5.74, 6) is -0.127. The zero-order valence-corrected chi connectivity index (χ0v) is 16.0. The van der Waals surface area contributed by atoms with Crippen molar-refractivity contribution in [2.24, 2.45) is 0 Å². The van der Waals surface area contributed by atoms with E-state index < -0.39 is 18.0 Å². The summed E-state index contributed by atoms with van der Waals surface area (Å²) in [4.78, 5) is 24.8. The fraction of sp³-hybridized carbons (Fsp3) is 0.300. The van der Waals surface area contributed by atoms with Gasteiger partial charge in [-0.05, 0) is 31.2 Å². The molecule has 8 heteroatoms. The fourth-order valence-corrected chi connectivity index (χ4v) is 2.44. The molecule has 150 valence electrons. The molecule has 2 rings (SSSR count). The van der Waals surface area contributed by atoms with E-state index >= 15 is 0 Å². The van der Waals surface area contributed by atoms with Gasteiger partial charge in [0.1, 0.15) is 0 Å². The number of benzene rings is 2. The number of aliphatic hydroxyl groups is 1. The van der Waals surface area contributed by atoms with Gasteiger partial charge in [0.2, 0.25) is 0 Å². The van der Waals surface area contributed by atoms with Crippen molar-refractivity contribution in [1.82, 2.24) is 0 Å². The lowest BCUT2D eigenvalue weighted by atomic mass is 10.1. The Hall–Kier alpha value is -3.26. The number of aliphatic hydroxyl groups excluding tert-OH is 1. The van der Waals surface area contributed by atoms with Crippen LogP contribution in [0.1, 0.15) is 17.3 Å². The van der Waals surface area contributed by atoms with Gasteiger partial charge in [-0.15, -0.1) is 0 Å². The number of methoxy groups -OCH3 is 2. The van der Waals surface area contributed by atoms with Crippen molar-refractivity contribution in [1.29, 1.82) is 0 Å². The number of para-hydroxylation sites is 1. The molecule has 0 heterocycles. The first-order valence-electron chi connectivity index (χ1n) is 8.67. The fourth-order valence-electron chi connectivity index (χ4n) is 2.44. The van der Waals surface area contributed by atoms with Crippen LogP contribution in [0.4, 0.5) is 11.4 Å². The summed E-state index contributed by atoms with van der Waals surface area (Å²) >= 11 is 0. The minimum absolute atomic E-state index is 0.0759. The van der Waals surface area contributed by atoms with Gasteiger partial charge in [-0.2, -0.15) is 0 Å². The van der Waals surface area contributed by atoms with Gasteiger partial charge in [0, 0.05) is 24.0 Å².